The number of nitrogens with zero attached hydrogens (tertiary/aromatic N) is 3. The van der Waals surface area contributed by atoms with Crippen molar-refractivity contribution in [2.75, 3.05) is 32.7 Å². The van der Waals surface area contributed by atoms with E-state index in [1.165, 1.54) is 12.8 Å². The predicted molar refractivity (Wildman–Crippen MR) is 94.1 cm³/mol. The molecule has 1 aliphatic carbocycles. The number of rotatable bonds is 3. The fourth-order valence-electron chi connectivity index (χ4n) is 4.10. The number of hydrogen-bond acceptors (Lipinski definition) is 4. The summed E-state index contributed by atoms with van der Waals surface area (Å²) in [5.41, 5.74) is 1.12. The number of aryl methyl sites for hydroxylation is 1. The standard InChI is InChI=1S/C19H26N4O2/c1-14-2-5-16(12-21-14)17(24)22-9-6-19(7-10-22)18(25)20-8-11-23(19)13-15-3-4-15/h2,5,12,15H,3-4,6-11,13H2,1H3,(H,20,25). The second-order valence-corrected chi connectivity index (χ2v) is 7.66. The first kappa shape index (κ1) is 16.5. The Balaban J connectivity index is 1.46. The van der Waals surface area contributed by atoms with Gasteiger partial charge in [0.2, 0.25) is 5.91 Å². The minimum absolute atomic E-state index is 0.0207. The molecule has 1 saturated carbocycles. The van der Waals surface area contributed by atoms with Crippen molar-refractivity contribution in [3.8, 4) is 0 Å². The Morgan fingerprint density at radius 3 is 2.68 bits per heavy atom. The molecule has 25 heavy (non-hydrogen) atoms. The molecule has 0 aromatic carbocycles. The molecule has 1 aromatic rings. The number of piperazine rings is 1. The van der Waals surface area contributed by atoms with Gasteiger partial charge in [-0.25, -0.2) is 0 Å². The minimum atomic E-state index is -0.414. The summed E-state index contributed by atoms with van der Waals surface area (Å²) in [6.07, 6.45) is 5.67. The summed E-state index contributed by atoms with van der Waals surface area (Å²) in [6, 6.07) is 3.70. The average molecular weight is 342 g/mol. The molecule has 0 atom stereocenters. The molecule has 2 saturated heterocycles. The molecule has 1 spiro atoms. The van der Waals surface area contributed by atoms with Crippen LogP contribution < -0.4 is 5.32 Å². The van der Waals surface area contributed by atoms with Crippen LogP contribution in [0.4, 0.5) is 0 Å². The molecule has 0 unspecified atom stereocenters. The smallest absolute Gasteiger partial charge is 0.255 e. The summed E-state index contributed by atoms with van der Waals surface area (Å²) in [5, 5.41) is 3.05. The van der Waals surface area contributed by atoms with Crippen molar-refractivity contribution in [3.63, 3.8) is 0 Å². The lowest BCUT2D eigenvalue weighted by Gasteiger charge is -2.50. The van der Waals surface area contributed by atoms with Gasteiger partial charge in [-0.1, -0.05) is 0 Å². The van der Waals surface area contributed by atoms with E-state index in [2.05, 4.69) is 15.2 Å². The van der Waals surface area contributed by atoms with E-state index < -0.39 is 5.54 Å². The first-order chi connectivity index (χ1) is 12.1. The Hall–Kier alpha value is -1.95. The van der Waals surface area contributed by atoms with E-state index in [1.54, 1.807) is 6.20 Å². The quantitative estimate of drug-likeness (QED) is 0.897. The summed E-state index contributed by atoms with van der Waals surface area (Å²) in [4.78, 5) is 33.9. The highest BCUT2D eigenvalue weighted by molar-refractivity contribution is 5.94. The molecule has 4 rings (SSSR count). The van der Waals surface area contributed by atoms with Crippen molar-refractivity contribution in [3.05, 3.63) is 29.6 Å². The van der Waals surface area contributed by atoms with Gasteiger partial charge in [-0.3, -0.25) is 19.5 Å². The summed E-state index contributed by atoms with van der Waals surface area (Å²) in [7, 11) is 0. The highest BCUT2D eigenvalue weighted by atomic mass is 16.2. The molecule has 2 amide bonds. The Morgan fingerprint density at radius 2 is 2.04 bits per heavy atom. The van der Waals surface area contributed by atoms with Crippen LogP contribution in [0.25, 0.3) is 0 Å². The lowest BCUT2D eigenvalue weighted by Crippen LogP contribution is -2.68. The Labute approximate surface area is 148 Å². The van der Waals surface area contributed by atoms with Crippen molar-refractivity contribution in [1.82, 2.24) is 20.1 Å². The Bertz CT molecular complexity index is 661. The van der Waals surface area contributed by atoms with Crippen LogP contribution in [0.15, 0.2) is 18.3 Å². The van der Waals surface area contributed by atoms with Gasteiger partial charge in [-0.2, -0.15) is 0 Å². The number of nitrogens with one attached hydrogen (secondary N) is 1. The maximum absolute atomic E-state index is 12.7. The van der Waals surface area contributed by atoms with E-state index in [9.17, 15) is 9.59 Å². The van der Waals surface area contributed by atoms with Crippen LogP contribution in [0, 0.1) is 12.8 Å². The van der Waals surface area contributed by atoms with E-state index in [0.29, 0.717) is 18.7 Å². The van der Waals surface area contributed by atoms with Gasteiger partial charge in [-0.05, 0) is 50.7 Å². The van der Waals surface area contributed by atoms with E-state index in [1.807, 2.05) is 24.0 Å². The van der Waals surface area contributed by atoms with Crippen LogP contribution in [-0.2, 0) is 4.79 Å². The van der Waals surface area contributed by atoms with Gasteiger partial charge in [-0.15, -0.1) is 0 Å². The fraction of sp³-hybridized carbons (Fsp3) is 0.632. The number of likely N-dealkylation sites (tertiary alicyclic amines) is 1. The Morgan fingerprint density at radius 1 is 1.28 bits per heavy atom. The topological polar surface area (TPSA) is 65.5 Å². The van der Waals surface area contributed by atoms with Crippen molar-refractivity contribution >= 4 is 11.8 Å². The van der Waals surface area contributed by atoms with Crippen molar-refractivity contribution in [2.24, 2.45) is 5.92 Å². The Kier molecular flexibility index (Phi) is 4.23. The van der Waals surface area contributed by atoms with Crippen LogP contribution in [0.2, 0.25) is 0 Å². The van der Waals surface area contributed by atoms with Crippen molar-refractivity contribution in [2.45, 2.75) is 38.1 Å². The first-order valence-electron chi connectivity index (χ1n) is 9.34. The molecule has 1 aromatic heterocycles. The van der Waals surface area contributed by atoms with Crippen molar-refractivity contribution in [1.29, 1.82) is 0 Å². The molecule has 1 N–H and O–H groups in total. The van der Waals surface area contributed by atoms with Crippen LogP contribution in [0.1, 0.15) is 41.7 Å². The van der Waals surface area contributed by atoms with Gasteiger partial charge in [0, 0.05) is 44.6 Å². The van der Waals surface area contributed by atoms with Gasteiger partial charge < -0.3 is 10.2 Å². The maximum atomic E-state index is 12.7. The number of pyridine rings is 1. The molecule has 0 radical (unpaired) electrons. The zero-order valence-corrected chi connectivity index (χ0v) is 14.8. The van der Waals surface area contributed by atoms with Gasteiger partial charge >= 0.3 is 0 Å². The highest BCUT2D eigenvalue weighted by Crippen LogP contribution is 2.37. The average Bonchev–Trinajstić information content (AvgIpc) is 3.44. The largest absolute Gasteiger partial charge is 0.353 e. The van der Waals surface area contributed by atoms with Crippen molar-refractivity contribution < 1.29 is 9.59 Å². The maximum Gasteiger partial charge on any atom is 0.255 e. The SMILES string of the molecule is Cc1ccc(C(=O)N2CCC3(CC2)C(=O)NCCN3CC2CC2)cn1. The number of hydrogen-bond donors (Lipinski definition) is 1. The molecule has 6 heteroatoms. The van der Waals surface area contributed by atoms with Crippen LogP contribution in [0.3, 0.4) is 0 Å². The molecule has 3 heterocycles. The molecule has 134 valence electrons. The molecular weight excluding hydrogens is 316 g/mol. The summed E-state index contributed by atoms with van der Waals surface area (Å²) in [6.45, 7) is 5.87. The minimum Gasteiger partial charge on any atom is -0.353 e. The number of aromatic nitrogens is 1. The van der Waals surface area contributed by atoms with E-state index in [4.69, 9.17) is 0 Å². The number of carbonyl (C=O) groups excluding carboxylic acids is 2. The normalized spacial score (nSPS) is 23.6. The van der Waals surface area contributed by atoms with Crippen LogP contribution in [0.5, 0.6) is 0 Å². The molecule has 2 aliphatic heterocycles. The van der Waals surface area contributed by atoms with E-state index in [-0.39, 0.29) is 11.8 Å². The summed E-state index contributed by atoms with van der Waals surface area (Å²) >= 11 is 0. The lowest BCUT2D eigenvalue weighted by molar-refractivity contribution is -0.141. The third-order valence-corrected chi connectivity index (χ3v) is 5.91. The number of piperidine rings is 1. The van der Waals surface area contributed by atoms with E-state index >= 15 is 0 Å². The van der Waals surface area contributed by atoms with Crippen LogP contribution >= 0.6 is 0 Å². The molecule has 3 fully saturated rings. The lowest BCUT2D eigenvalue weighted by atomic mass is 9.82. The third kappa shape index (κ3) is 3.15. The second-order valence-electron chi connectivity index (χ2n) is 7.66. The first-order valence-corrected chi connectivity index (χ1v) is 9.34. The van der Waals surface area contributed by atoms with E-state index in [0.717, 1.165) is 44.1 Å². The predicted octanol–water partition coefficient (Wildman–Crippen LogP) is 1.21. The van der Waals surface area contributed by atoms with Gasteiger partial charge in [0.05, 0.1) is 5.56 Å². The summed E-state index contributed by atoms with van der Waals surface area (Å²) in [5.74, 6) is 0.942. The van der Waals surface area contributed by atoms with Gasteiger partial charge in [0.25, 0.3) is 5.91 Å². The molecule has 3 aliphatic rings. The zero-order chi connectivity index (χ0) is 17.4. The highest BCUT2D eigenvalue weighted by Gasteiger charge is 2.49. The summed E-state index contributed by atoms with van der Waals surface area (Å²) < 4.78 is 0. The van der Waals surface area contributed by atoms with Gasteiger partial charge in [0.15, 0.2) is 0 Å². The molecular formula is C19H26N4O2. The van der Waals surface area contributed by atoms with Crippen LogP contribution in [-0.4, -0.2) is 64.9 Å². The van der Waals surface area contributed by atoms with Gasteiger partial charge in [0.1, 0.15) is 5.54 Å². The molecule has 0 bridgehead atoms. The zero-order valence-electron chi connectivity index (χ0n) is 14.8. The fourth-order valence-corrected chi connectivity index (χ4v) is 4.10. The molecule has 6 nitrogen and oxygen atoms in total. The third-order valence-electron chi connectivity index (χ3n) is 5.91. The second kappa shape index (κ2) is 6.41. The monoisotopic (exact) mass is 342 g/mol. The number of amides is 2. The number of carbonyl (C=O) groups is 2.